The van der Waals surface area contributed by atoms with Crippen molar-refractivity contribution in [2.24, 2.45) is 5.41 Å². The van der Waals surface area contributed by atoms with E-state index >= 15 is 0 Å². The molecule has 1 heterocycles. The molecular formula is C21H23NO3. The van der Waals surface area contributed by atoms with E-state index in [1.165, 1.54) is 0 Å². The number of carbonyl (C=O) groups is 2. The third kappa shape index (κ3) is 3.43. The summed E-state index contributed by atoms with van der Waals surface area (Å²) in [4.78, 5) is 27.3. The van der Waals surface area contributed by atoms with Crippen molar-refractivity contribution in [3.8, 4) is 0 Å². The number of hydrogen-bond acceptors (Lipinski definition) is 3. The van der Waals surface area contributed by atoms with Gasteiger partial charge in [-0.2, -0.15) is 0 Å². The number of rotatable bonds is 4. The molecular weight excluding hydrogens is 314 g/mol. The van der Waals surface area contributed by atoms with Gasteiger partial charge in [0.1, 0.15) is 6.61 Å². The molecule has 3 rings (SSSR count). The van der Waals surface area contributed by atoms with E-state index in [1.807, 2.05) is 49.4 Å². The smallest absolute Gasteiger partial charge is 0.313 e. The van der Waals surface area contributed by atoms with Crippen molar-refractivity contribution in [3.05, 3.63) is 60.7 Å². The summed E-state index contributed by atoms with van der Waals surface area (Å²) >= 11 is 0. The Balaban J connectivity index is 1.84. The van der Waals surface area contributed by atoms with Crippen LogP contribution in [0.5, 0.6) is 0 Å². The van der Waals surface area contributed by atoms with E-state index in [2.05, 4.69) is 6.58 Å². The topological polar surface area (TPSA) is 46.6 Å². The van der Waals surface area contributed by atoms with Crippen LogP contribution in [0, 0.1) is 5.41 Å². The molecule has 25 heavy (non-hydrogen) atoms. The Kier molecular flexibility index (Phi) is 4.88. The molecule has 2 aromatic rings. The monoisotopic (exact) mass is 337 g/mol. The minimum Gasteiger partial charge on any atom is -0.461 e. The number of benzene rings is 2. The Morgan fingerprint density at radius 1 is 1.24 bits per heavy atom. The van der Waals surface area contributed by atoms with Crippen molar-refractivity contribution >= 4 is 22.6 Å². The largest absolute Gasteiger partial charge is 0.461 e. The number of fused-ring (bicyclic) bond motifs is 1. The van der Waals surface area contributed by atoms with E-state index in [0.29, 0.717) is 18.7 Å². The highest BCUT2D eigenvalue weighted by molar-refractivity contribution is 6.07. The molecule has 1 atom stereocenters. The zero-order valence-corrected chi connectivity index (χ0v) is 14.5. The highest BCUT2D eigenvalue weighted by atomic mass is 16.5. The van der Waals surface area contributed by atoms with Crippen LogP contribution in [0.3, 0.4) is 0 Å². The Labute approximate surface area is 148 Å². The normalized spacial score (nSPS) is 20.3. The van der Waals surface area contributed by atoms with E-state index in [4.69, 9.17) is 4.74 Å². The lowest BCUT2D eigenvalue weighted by molar-refractivity contribution is -0.156. The molecule has 4 heteroatoms. The van der Waals surface area contributed by atoms with Gasteiger partial charge in [0.05, 0.1) is 5.41 Å². The van der Waals surface area contributed by atoms with E-state index in [9.17, 15) is 9.59 Å². The second-order valence-corrected chi connectivity index (χ2v) is 6.80. The molecule has 1 unspecified atom stereocenters. The minimum atomic E-state index is -0.665. The van der Waals surface area contributed by atoms with Crippen molar-refractivity contribution in [2.45, 2.75) is 19.8 Å². The number of amides is 1. The maximum atomic E-state index is 13.1. The van der Waals surface area contributed by atoms with Crippen molar-refractivity contribution in [1.82, 2.24) is 4.90 Å². The van der Waals surface area contributed by atoms with E-state index in [0.717, 1.165) is 23.6 Å². The van der Waals surface area contributed by atoms with Gasteiger partial charge in [-0.05, 0) is 36.6 Å². The van der Waals surface area contributed by atoms with Crippen LogP contribution in [0.25, 0.3) is 10.8 Å². The third-order valence-electron chi connectivity index (χ3n) is 4.83. The second-order valence-electron chi connectivity index (χ2n) is 6.80. The van der Waals surface area contributed by atoms with Crippen LogP contribution in [-0.2, 0) is 9.53 Å². The summed E-state index contributed by atoms with van der Waals surface area (Å²) in [7, 11) is 0. The van der Waals surface area contributed by atoms with Crippen LogP contribution in [0.15, 0.2) is 55.1 Å². The van der Waals surface area contributed by atoms with E-state index in [-0.39, 0.29) is 18.5 Å². The lowest BCUT2D eigenvalue weighted by atomic mass is 9.81. The Morgan fingerprint density at radius 3 is 2.80 bits per heavy atom. The number of esters is 1. The molecule has 1 fully saturated rings. The SMILES string of the molecule is C=CCOC(=O)C1(C)CCCN(C(=O)c2cccc3ccccc23)C1. The van der Waals surface area contributed by atoms with Crippen molar-refractivity contribution < 1.29 is 14.3 Å². The summed E-state index contributed by atoms with van der Waals surface area (Å²) in [6.45, 7) is 6.69. The summed E-state index contributed by atoms with van der Waals surface area (Å²) in [5.74, 6) is -0.290. The van der Waals surface area contributed by atoms with Gasteiger partial charge < -0.3 is 9.64 Å². The third-order valence-corrected chi connectivity index (χ3v) is 4.83. The first-order valence-electron chi connectivity index (χ1n) is 8.60. The molecule has 1 aliphatic heterocycles. The summed E-state index contributed by atoms with van der Waals surface area (Å²) in [5.41, 5.74) is 0.0171. The van der Waals surface area contributed by atoms with Gasteiger partial charge in [-0.25, -0.2) is 0 Å². The second kappa shape index (κ2) is 7.09. The molecule has 130 valence electrons. The molecule has 0 radical (unpaired) electrons. The van der Waals surface area contributed by atoms with Crippen LogP contribution in [0.2, 0.25) is 0 Å². The van der Waals surface area contributed by atoms with Gasteiger partial charge in [0.25, 0.3) is 5.91 Å². The van der Waals surface area contributed by atoms with Gasteiger partial charge in [0.2, 0.25) is 0 Å². The van der Waals surface area contributed by atoms with E-state index in [1.54, 1.807) is 11.0 Å². The predicted molar refractivity (Wildman–Crippen MR) is 98.3 cm³/mol. The van der Waals surface area contributed by atoms with Crippen molar-refractivity contribution in [3.63, 3.8) is 0 Å². The average molecular weight is 337 g/mol. The fraction of sp³-hybridized carbons (Fsp3) is 0.333. The number of hydrogen-bond donors (Lipinski definition) is 0. The molecule has 0 bridgehead atoms. The molecule has 0 saturated carbocycles. The van der Waals surface area contributed by atoms with Crippen molar-refractivity contribution in [1.29, 1.82) is 0 Å². The minimum absolute atomic E-state index is 0.0285. The molecule has 2 aromatic carbocycles. The van der Waals surface area contributed by atoms with Gasteiger partial charge in [0, 0.05) is 18.7 Å². The zero-order chi connectivity index (χ0) is 17.9. The molecule has 0 N–H and O–H groups in total. The molecule has 1 amide bonds. The highest BCUT2D eigenvalue weighted by Crippen LogP contribution is 2.32. The molecule has 0 aromatic heterocycles. The molecule has 1 saturated heterocycles. The predicted octanol–water partition coefficient (Wildman–Crippen LogP) is 3.81. The number of ether oxygens (including phenoxy) is 1. The molecule has 0 spiro atoms. The summed E-state index contributed by atoms with van der Waals surface area (Å²) < 4.78 is 5.24. The standard InChI is InChI=1S/C21H23NO3/c1-3-14-25-20(24)21(2)12-7-13-22(15-21)19(23)18-11-6-9-16-8-4-5-10-17(16)18/h3-6,8-11H,1,7,12-15H2,2H3. The Bertz CT molecular complexity index is 808. The van der Waals surface area contributed by atoms with Gasteiger partial charge in [0.15, 0.2) is 0 Å². The number of likely N-dealkylation sites (tertiary alicyclic amines) is 1. The lowest BCUT2D eigenvalue weighted by Crippen LogP contribution is -2.49. The zero-order valence-electron chi connectivity index (χ0n) is 14.5. The fourth-order valence-corrected chi connectivity index (χ4v) is 3.47. The lowest BCUT2D eigenvalue weighted by Gasteiger charge is -2.38. The first-order valence-corrected chi connectivity index (χ1v) is 8.60. The van der Waals surface area contributed by atoms with Crippen LogP contribution in [0.4, 0.5) is 0 Å². The summed E-state index contributed by atoms with van der Waals surface area (Å²) in [6, 6.07) is 13.6. The number of nitrogens with zero attached hydrogens (tertiary/aromatic N) is 1. The van der Waals surface area contributed by atoms with Crippen LogP contribution in [-0.4, -0.2) is 36.5 Å². The van der Waals surface area contributed by atoms with Crippen LogP contribution >= 0.6 is 0 Å². The number of piperidine rings is 1. The first-order chi connectivity index (χ1) is 12.0. The highest BCUT2D eigenvalue weighted by Gasteiger charge is 2.40. The maximum absolute atomic E-state index is 13.1. The maximum Gasteiger partial charge on any atom is 0.313 e. The quantitative estimate of drug-likeness (QED) is 0.629. The Morgan fingerprint density at radius 2 is 2.00 bits per heavy atom. The summed E-state index contributed by atoms with van der Waals surface area (Å²) in [6.07, 6.45) is 3.07. The number of carbonyl (C=O) groups excluding carboxylic acids is 2. The molecule has 4 nitrogen and oxygen atoms in total. The van der Waals surface area contributed by atoms with Gasteiger partial charge in [-0.15, -0.1) is 0 Å². The molecule has 0 aliphatic carbocycles. The van der Waals surface area contributed by atoms with E-state index < -0.39 is 5.41 Å². The molecule has 1 aliphatic rings. The van der Waals surface area contributed by atoms with Gasteiger partial charge in [-0.1, -0.05) is 49.1 Å². The average Bonchev–Trinajstić information content (AvgIpc) is 2.65. The summed E-state index contributed by atoms with van der Waals surface area (Å²) in [5, 5.41) is 1.98. The van der Waals surface area contributed by atoms with Crippen LogP contribution < -0.4 is 0 Å². The van der Waals surface area contributed by atoms with Crippen LogP contribution in [0.1, 0.15) is 30.1 Å². The first kappa shape index (κ1) is 17.2. The van der Waals surface area contributed by atoms with Crippen molar-refractivity contribution in [2.75, 3.05) is 19.7 Å². The van der Waals surface area contributed by atoms with Gasteiger partial charge in [-0.3, -0.25) is 9.59 Å². The fourth-order valence-electron chi connectivity index (χ4n) is 3.47. The van der Waals surface area contributed by atoms with Gasteiger partial charge >= 0.3 is 5.97 Å². The Hall–Kier alpha value is -2.62.